The van der Waals surface area contributed by atoms with Crippen molar-refractivity contribution >= 4 is 27.5 Å². The van der Waals surface area contributed by atoms with Gasteiger partial charge in [-0.25, -0.2) is 8.42 Å². The van der Waals surface area contributed by atoms with E-state index in [2.05, 4.69) is 5.32 Å². The number of benzene rings is 1. The number of rotatable bonds is 3. The fourth-order valence-electron chi connectivity index (χ4n) is 2.37. The van der Waals surface area contributed by atoms with Gasteiger partial charge in [0.05, 0.1) is 4.90 Å². The van der Waals surface area contributed by atoms with E-state index in [0.29, 0.717) is 10.6 Å². The summed E-state index contributed by atoms with van der Waals surface area (Å²) in [6.07, 6.45) is -4.97. The van der Waals surface area contributed by atoms with Crippen LogP contribution in [-0.4, -0.2) is 61.8 Å². The quantitative estimate of drug-likeness (QED) is 0.850. The number of sulfonamides is 1. The Kier molecular flexibility index (Phi) is 5.37. The lowest BCUT2D eigenvalue weighted by Gasteiger charge is -2.34. The summed E-state index contributed by atoms with van der Waals surface area (Å²) in [7, 11) is -3.89. The Balaban J connectivity index is 2.06. The minimum absolute atomic E-state index is 0.0443. The van der Waals surface area contributed by atoms with Crippen molar-refractivity contribution in [2.24, 2.45) is 0 Å². The van der Waals surface area contributed by atoms with E-state index in [0.717, 1.165) is 4.31 Å². The Morgan fingerprint density at radius 3 is 2.00 bits per heavy atom. The largest absolute Gasteiger partial charge is 0.471 e. The molecule has 0 aromatic heterocycles. The molecule has 1 aliphatic rings. The average molecular weight is 379 g/mol. The van der Waals surface area contributed by atoms with Gasteiger partial charge in [0, 0.05) is 38.8 Å². The van der Waals surface area contributed by atoms with Gasteiger partial charge in [-0.05, 0) is 24.3 Å². The van der Waals surface area contributed by atoms with Crippen molar-refractivity contribution in [3.8, 4) is 0 Å². The molecule has 1 aliphatic heterocycles. The molecule has 0 bridgehead atoms. The fourth-order valence-corrected chi connectivity index (χ4v) is 3.80. The van der Waals surface area contributed by atoms with Gasteiger partial charge in [-0.1, -0.05) is 0 Å². The third-order valence-corrected chi connectivity index (χ3v) is 5.49. The number of alkyl halides is 3. The lowest BCUT2D eigenvalue weighted by molar-refractivity contribution is -0.186. The number of piperazine rings is 1. The number of halogens is 3. The van der Waals surface area contributed by atoms with E-state index in [4.69, 9.17) is 0 Å². The van der Waals surface area contributed by atoms with Gasteiger partial charge in [-0.2, -0.15) is 17.5 Å². The number of carbonyl (C=O) groups excluding carboxylic acids is 2. The average Bonchev–Trinajstić information content (AvgIpc) is 2.53. The molecule has 11 heteroatoms. The first kappa shape index (κ1) is 19.2. The zero-order valence-electron chi connectivity index (χ0n) is 13.2. The standard InChI is InChI=1S/C14H16F3N3O4S/c1-10(21)18-11-2-4-12(5-3-11)25(23,24)20-8-6-19(7-9-20)13(22)14(15,16)17/h2-5H,6-9H2,1H3,(H,18,21). The molecule has 2 rings (SSSR count). The summed E-state index contributed by atoms with van der Waals surface area (Å²) in [6.45, 7) is 0.199. The monoisotopic (exact) mass is 379 g/mol. The van der Waals surface area contributed by atoms with Gasteiger partial charge < -0.3 is 10.2 Å². The van der Waals surface area contributed by atoms with Gasteiger partial charge in [0.15, 0.2) is 0 Å². The van der Waals surface area contributed by atoms with Crippen LogP contribution in [0.1, 0.15) is 6.92 Å². The van der Waals surface area contributed by atoms with Crippen molar-refractivity contribution in [3.05, 3.63) is 24.3 Å². The zero-order valence-corrected chi connectivity index (χ0v) is 14.0. The molecule has 2 amide bonds. The van der Waals surface area contributed by atoms with Crippen molar-refractivity contribution in [1.29, 1.82) is 0 Å². The topological polar surface area (TPSA) is 86.8 Å². The summed E-state index contributed by atoms with van der Waals surface area (Å²) >= 11 is 0. The molecule has 1 saturated heterocycles. The number of hydrogen-bond donors (Lipinski definition) is 1. The van der Waals surface area contributed by atoms with Gasteiger partial charge in [0.2, 0.25) is 15.9 Å². The molecule has 0 unspecified atom stereocenters. The second-order valence-corrected chi connectivity index (χ2v) is 7.34. The van der Waals surface area contributed by atoms with Crippen molar-refractivity contribution < 1.29 is 31.2 Å². The lowest BCUT2D eigenvalue weighted by Crippen LogP contribution is -2.53. The molecule has 25 heavy (non-hydrogen) atoms. The highest BCUT2D eigenvalue weighted by Gasteiger charge is 2.44. The molecule has 1 aromatic carbocycles. The fraction of sp³-hybridized carbons (Fsp3) is 0.429. The normalized spacial score (nSPS) is 16.6. The lowest BCUT2D eigenvalue weighted by atomic mass is 10.3. The molecule has 0 saturated carbocycles. The minimum atomic E-state index is -4.97. The number of nitrogens with one attached hydrogen (secondary N) is 1. The predicted octanol–water partition coefficient (Wildman–Crippen LogP) is 1.04. The van der Waals surface area contributed by atoms with Gasteiger partial charge in [-0.3, -0.25) is 9.59 Å². The predicted molar refractivity (Wildman–Crippen MR) is 82.1 cm³/mol. The molecule has 0 aliphatic carbocycles. The van der Waals surface area contributed by atoms with Crippen LogP contribution >= 0.6 is 0 Å². The Hall–Kier alpha value is -2.14. The van der Waals surface area contributed by atoms with Crippen molar-refractivity contribution in [1.82, 2.24) is 9.21 Å². The molecule has 7 nitrogen and oxygen atoms in total. The maximum atomic E-state index is 12.5. The van der Waals surface area contributed by atoms with Crippen molar-refractivity contribution in [2.75, 3.05) is 31.5 Å². The summed E-state index contributed by atoms with van der Waals surface area (Å²) in [4.78, 5) is 22.7. The number of anilines is 1. The molecule has 0 radical (unpaired) electrons. The molecule has 1 fully saturated rings. The summed E-state index contributed by atoms with van der Waals surface area (Å²) in [5.74, 6) is -2.27. The molecule has 1 aromatic rings. The van der Waals surface area contributed by atoms with E-state index >= 15 is 0 Å². The van der Waals surface area contributed by atoms with E-state index < -0.39 is 22.1 Å². The van der Waals surface area contributed by atoms with E-state index in [1.807, 2.05) is 0 Å². The second kappa shape index (κ2) is 7.00. The maximum Gasteiger partial charge on any atom is 0.471 e. The summed E-state index contributed by atoms with van der Waals surface area (Å²) in [5.41, 5.74) is 0.423. The van der Waals surface area contributed by atoms with Crippen LogP contribution in [0.4, 0.5) is 18.9 Å². The third kappa shape index (κ3) is 4.48. The van der Waals surface area contributed by atoms with Crippen LogP contribution < -0.4 is 5.32 Å². The molecule has 1 N–H and O–H groups in total. The maximum absolute atomic E-state index is 12.5. The first-order chi connectivity index (χ1) is 11.5. The van der Waals surface area contributed by atoms with E-state index in [1.54, 1.807) is 0 Å². The van der Waals surface area contributed by atoms with Crippen LogP contribution in [0.2, 0.25) is 0 Å². The highest BCUT2D eigenvalue weighted by molar-refractivity contribution is 7.89. The van der Waals surface area contributed by atoms with Crippen LogP contribution in [0.25, 0.3) is 0 Å². The van der Waals surface area contributed by atoms with Gasteiger partial charge in [0.1, 0.15) is 0 Å². The van der Waals surface area contributed by atoms with Gasteiger partial charge in [-0.15, -0.1) is 0 Å². The number of hydrogen-bond acceptors (Lipinski definition) is 4. The van der Waals surface area contributed by atoms with Crippen LogP contribution in [0, 0.1) is 0 Å². The smallest absolute Gasteiger partial charge is 0.332 e. The minimum Gasteiger partial charge on any atom is -0.332 e. The number of carbonyl (C=O) groups is 2. The molecule has 0 spiro atoms. The number of amides is 2. The molecule has 0 atom stereocenters. The number of nitrogens with zero attached hydrogens (tertiary/aromatic N) is 2. The Morgan fingerprint density at radius 1 is 1.04 bits per heavy atom. The molecular formula is C14H16F3N3O4S. The van der Waals surface area contributed by atoms with Crippen LogP contribution in [0.5, 0.6) is 0 Å². The highest BCUT2D eigenvalue weighted by Crippen LogP contribution is 2.23. The Morgan fingerprint density at radius 2 is 1.56 bits per heavy atom. The van der Waals surface area contributed by atoms with E-state index in [1.165, 1.54) is 31.2 Å². The van der Waals surface area contributed by atoms with Crippen LogP contribution in [0.3, 0.4) is 0 Å². The first-order valence-electron chi connectivity index (χ1n) is 7.26. The summed E-state index contributed by atoms with van der Waals surface area (Å²) < 4.78 is 63.3. The van der Waals surface area contributed by atoms with Crippen molar-refractivity contribution in [3.63, 3.8) is 0 Å². The Labute approximate surface area is 142 Å². The summed E-state index contributed by atoms with van der Waals surface area (Å²) in [6, 6.07) is 5.43. The van der Waals surface area contributed by atoms with Crippen LogP contribution in [0.15, 0.2) is 29.2 Å². The van der Waals surface area contributed by atoms with Gasteiger partial charge in [0.25, 0.3) is 0 Å². The zero-order chi connectivity index (χ0) is 18.8. The first-order valence-corrected chi connectivity index (χ1v) is 8.70. The second-order valence-electron chi connectivity index (χ2n) is 5.40. The van der Waals surface area contributed by atoms with Crippen molar-refractivity contribution in [2.45, 2.75) is 18.0 Å². The summed E-state index contributed by atoms with van der Waals surface area (Å²) in [5, 5.41) is 2.50. The molecular weight excluding hydrogens is 363 g/mol. The van der Waals surface area contributed by atoms with Gasteiger partial charge >= 0.3 is 12.1 Å². The van der Waals surface area contributed by atoms with E-state index in [-0.39, 0.29) is 37.0 Å². The highest BCUT2D eigenvalue weighted by atomic mass is 32.2. The third-order valence-electron chi connectivity index (χ3n) is 3.58. The van der Waals surface area contributed by atoms with Crippen LogP contribution in [-0.2, 0) is 19.6 Å². The van der Waals surface area contributed by atoms with E-state index in [9.17, 15) is 31.2 Å². The molecule has 1 heterocycles. The Bertz CT molecular complexity index is 755. The SMILES string of the molecule is CC(=O)Nc1ccc(S(=O)(=O)N2CCN(C(=O)C(F)(F)F)CC2)cc1. The molecule has 138 valence electrons.